The second-order valence-corrected chi connectivity index (χ2v) is 7.60. The predicted molar refractivity (Wildman–Crippen MR) is 99.5 cm³/mol. The molecule has 2 aliphatic rings. The van der Waals surface area contributed by atoms with Crippen LogP contribution in [0.5, 0.6) is 11.5 Å². The van der Waals surface area contributed by atoms with Gasteiger partial charge in [-0.05, 0) is 42.9 Å². The maximum Gasteiger partial charge on any atom is 0.410 e. The molecule has 0 spiro atoms. The average Bonchev–Trinajstić information content (AvgIpc) is 2.59. The summed E-state index contributed by atoms with van der Waals surface area (Å²) in [5.74, 6) is 0.744. The number of phenols is 1. The second kappa shape index (κ2) is 8.50. The molecular formula is C20H28N2O5. The summed E-state index contributed by atoms with van der Waals surface area (Å²) in [6, 6.07) is 4.95. The van der Waals surface area contributed by atoms with Crippen LogP contribution in [0.15, 0.2) is 18.2 Å². The van der Waals surface area contributed by atoms with Gasteiger partial charge in [-0.3, -0.25) is 4.79 Å². The molecular weight excluding hydrogens is 348 g/mol. The van der Waals surface area contributed by atoms with E-state index in [2.05, 4.69) is 12.2 Å². The van der Waals surface area contributed by atoms with E-state index < -0.39 is 0 Å². The SMILES string of the molecule is COc1cc(CNC(=O)C2CN(C(=O)O[C@@H]3CCC[C@@H](C)C3)C2)ccc1O. The normalized spacial score (nSPS) is 22.7. The molecule has 7 heteroatoms. The van der Waals surface area contributed by atoms with Crippen molar-refractivity contribution < 1.29 is 24.2 Å². The van der Waals surface area contributed by atoms with Gasteiger partial charge in [0.25, 0.3) is 0 Å². The minimum atomic E-state index is -0.304. The van der Waals surface area contributed by atoms with Gasteiger partial charge < -0.3 is 24.8 Å². The van der Waals surface area contributed by atoms with E-state index in [0.717, 1.165) is 24.8 Å². The van der Waals surface area contributed by atoms with Gasteiger partial charge in [0.2, 0.25) is 5.91 Å². The van der Waals surface area contributed by atoms with Crippen LogP contribution in [0.2, 0.25) is 0 Å². The van der Waals surface area contributed by atoms with Gasteiger partial charge in [0.05, 0.1) is 13.0 Å². The van der Waals surface area contributed by atoms with E-state index in [1.54, 1.807) is 17.0 Å². The molecule has 2 N–H and O–H groups in total. The smallest absolute Gasteiger partial charge is 0.410 e. The number of benzene rings is 1. The van der Waals surface area contributed by atoms with Gasteiger partial charge in [0, 0.05) is 19.6 Å². The minimum Gasteiger partial charge on any atom is -0.504 e. The van der Waals surface area contributed by atoms with Crippen LogP contribution in [0, 0.1) is 11.8 Å². The molecule has 1 saturated heterocycles. The first-order valence-electron chi connectivity index (χ1n) is 9.55. The second-order valence-electron chi connectivity index (χ2n) is 7.60. The molecule has 1 aliphatic heterocycles. The molecule has 1 aromatic carbocycles. The molecule has 2 amide bonds. The van der Waals surface area contributed by atoms with Crippen LogP contribution >= 0.6 is 0 Å². The van der Waals surface area contributed by atoms with E-state index in [0.29, 0.717) is 31.3 Å². The molecule has 1 heterocycles. The van der Waals surface area contributed by atoms with E-state index in [1.165, 1.54) is 19.6 Å². The quantitative estimate of drug-likeness (QED) is 0.825. The van der Waals surface area contributed by atoms with Crippen molar-refractivity contribution in [2.24, 2.45) is 11.8 Å². The fourth-order valence-corrected chi connectivity index (χ4v) is 3.66. The van der Waals surface area contributed by atoms with Gasteiger partial charge >= 0.3 is 6.09 Å². The molecule has 0 unspecified atom stereocenters. The molecule has 0 aromatic heterocycles. The number of nitrogens with one attached hydrogen (secondary N) is 1. The highest BCUT2D eigenvalue weighted by molar-refractivity contribution is 5.82. The lowest BCUT2D eigenvalue weighted by atomic mass is 9.89. The summed E-state index contributed by atoms with van der Waals surface area (Å²) in [6.07, 6.45) is 3.88. The topological polar surface area (TPSA) is 88.1 Å². The summed E-state index contributed by atoms with van der Waals surface area (Å²) in [5.41, 5.74) is 0.833. The number of amides is 2. The van der Waals surface area contributed by atoms with Crippen LogP contribution in [0.3, 0.4) is 0 Å². The lowest BCUT2D eigenvalue weighted by Crippen LogP contribution is -2.56. The van der Waals surface area contributed by atoms with E-state index >= 15 is 0 Å². The number of nitrogens with zero attached hydrogens (tertiary/aromatic N) is 1. The van der Waals surface area contributed by atoms with Gasteiger partial charge in [0.1, 0.15) is 6.10 Å². The summed E-state index contributed by atoms with van der Waals surface area (Å²) in [5, 5.41) is 12.5. The first kappa shape index (κ1) is 19.3. The molecule has 2 fully saturated rings. The van der Waals surface area contributed by atoms with Crippen LogP contribution < -0.4 is 10.1 Å². The molecule has 27 heavy (non-hydrogen) atoms. The van der Waals surface area contributed by atoms with Gasteiger partial charge in [-0.15, -0.1) is 0 Å². The summed E-state index contributed by atoms with van der Waals surface area (Å²) >= 11 is 0. The van der Waals surface area contributed by atoms with Crippen molar-refractivity contribution in [3.8, 4) is 11.5 Å². The predicted octanol–water partition coefficient (Wildman–Crippen LogP) is 2.66. The number of methoxy groups -OCH3 is 1. The number of aromatic hydroxyl groups is 1. The summed E-state index contributed by atoms with van der Waals surface area (Å²) in [7, 11) is 1.48. The molecule has 7 nitrogen and oxygen atoms in total. The van der Waals surface area contributed by atoms with E-state index in [4.69, 9.17) is 9.47 Å². The highest BCUT2D eigenvalue weighted by Gasteiger charge is 2.37. The number of rotatable bonds is 5. The zero-order chi connectivity index (χ0) is 19.4. The van der Waals surface area contributed by atoms with Crippen LogP contribution in [0.1, 0.15) is 38.2 Å². The largest absolute Gasteiger partial charge is 0.504 e. The van der Waals surface area contributed by atoms with Crippen molar-refractivity contribution in [2.75, 3.05) is 20.2 Å². The first-order chi connectivity index (χ1) is 13.0. The number of likely N-dealkylation sites (tertiary alicyclic amines) is 1. The minimum absolute atomic E-state index is 0.0126. The third-order valence-electron chi connectivity index (χ3n) is 5.38. The molecule has 3 rings (SSSR count). The highest BCUT2D eigenvalue weighted by Crippen LogP contribution is 2.28. The average molecular weight is 376 g/mol. The van der Waals surface area contributed by atoms with Crippen LogP contribution in [-0.4, -0.2) is 48.3 Å². The Labute approximate surface area is 159 Å². The maximum atomic E-state index is 12.3. The zero-order valence-corrected chi connectivity index (χ0v) is 15.9. The van der Waals surface area contributed by atoms with Crippen molar-refractivity contribution in [3.05, 3.63) is 23.8 Å². The van der Waals surface area contributed by atoms with Crippen LogP contribution in [-0.2, 0) is 16.1 Å². The van der Waals surface area contributed by atoms with E-state index in [-0.39, 0.29) is 29.8 Å². The van der Waals surface area contributed by atoms with Gasteiger partial charge in [-0.25, -0.2) is 4.79 Å². The van der Waals surface area contributed by atoms with Crippen LogP contribution in [0.25, 0.3) is 0 Å². The summed E-state index contributed by atoms with van der Waals surface area (Å²) < 4.78 is 10.6. The first-order valence-corrected chi connectivity index (χ1v) is 9.55. The molecule has 1 aromatic rings. The van der Waals surface area contributed by atoms with E-state index in [1.807, 2.05) is 0 Å². The Hall–Kier alpha value is -2.44. The molecule has 0 radical (unpaired) electrons. The number of carbonyl (C=O) groups excluding carboxylic acids is 2. The number of ether oxygens (including phenoxy) is 2. The van der Waals surface area contributed by atoms with Gasteiger partial charge in [0.15, 0.2) is 11.5 Å². The number of hydrogen-bond acceptors (Lipinski definition) is 5. The lowest BCUT2D eigenvalue weighted by molar-refractivity contribution is -0.129. The highest BCUT2D eigenvalue weighted by atomic mass is 16.6. The fraction of sp³-hybridized carbons (Fsp3) is 0.600. The maximum absolute atomic E-state index is 12.3. The molecule has 1 saturated carbocycles. The Kier molecular flexibility index (Phi) is 6.08. The molecule has 1 aliphatic carbocycles. The Morgan fingerprint density at radius 3 is 2.78 bits per heavy atom. The van der Waals surface area contributed by atoms with Crippen LogP contribution in [0.4, 0.5) is 4.79 Å². The standard InChI is InChI=1S/C20H28N2O5/c1-13-4-3-5-16(8-13)27-20(25)22-11-15(12-22)19(24)21-10-14-6-7-17(23)18(9-14)26-2/h6-7,9,13,15-16,23H,3-5,8,10-12H2,1-2H3,(H,21,24)/t13-,16-/m1/s1. The third-order valence-corrected chi connectivity index (χ3v) is 5.38. The number of hydrogen-bond donors (Lipinski definition) is 2. The molecule has 2 atom stereocenters. The van der Waals surface area contributed by atoms with E-state index in [9.17, 15) is 14.7 Å². The van der Waals surface area contributed by atoms with Crippen molar-refractivity contribution in [1.29, 1.82) is 0 Å². The van der Waals surface area contributed by atoms with Crippen molar-refractivity contribution in [2.45, 2.75) is 45.3 Å². The van der Waals surface area contributed by atoms with Gasteiger partial charge in [-0.1, -0.05) is 19.4 Å². The molecule has 0 bridgehead atoms. The summed E-state index contributed by atoms with van der Waals surface area (Å²) in [4.78, 5) is 26.0. The number of carbonyl (C=O) groups is 2. The van der Waals surface area contributed by atoms with Crippen molar-refractivity contribution in [3.63, 3.8) is 0 Å². The van der Waals surface area contributed by atoms with Gasteiger partial charge in [-0.2, -0.15) is 0 Å². The van der Waals surface area contributed by atoms with Crippen molar-refractivity contribution >= 4 is 12.0 Å². The Morgan fingerprint density at radius 1 is 1.30 bits per heavy atom. The summed E-state index contributed by atoms with van der Waals surface area (Å²) in [6.45, 7) is 3.32. The zero-order valence-electron chi connectivity index (χ0n) is 15.9. The Bertz CT molecular complexity index is 687. The fourth-order valence-electron chi connectivity index (χ4n) is 3.66. The third kappa shape index (κ3) is 4.84. The lowest BCUT2D eigenvalue weighted by Gasteiger charge is -2.38. The van der Waals surface area contributed by atoms with Crippen molar-refractivity contribution in [1.82, 2.24) is 10.2 Å². The number of phenolic OH excluding ortho intramolecular Hbond substituents is 1. The molecule has 148 valence electrons. The Balaban J connectivity index is 1.40. The Morgan fingerprint density at radius 2 is 2.07 bits per heavy atom. The monoisotopic (exact) mass is 376 g/mol.